The van der Waals surface area contributed by atoms with Crippen molar-refractivity contribution in [3.8, 4) is 0 Å². The van der Waals surface area contributed by atoms with Gasteiger partial charge in [0.15, 0.2) is 0 Å². The van der Waals surface area contributed by atoms with Gasteiger partial charge in [0.1, 0.15) is 0 Å². The lowest BCUT2D eigenvalue weighted by Gasteiger charge is -2.19. The van der Waals surface area contributed by atoms with Crippen LogP contribution in [0.25, 0.3) is 0 Å². The summed E-state index contributed by atoms with van der Waals surface area (Å²) in [6.45, 7) is 2.70. The maximum absolute atomic E-state index is 12.0. The van der Waals surface area contributed by atoms with Gasteiger partial charge in [-0.25, -0.2) is 0 Å². The van der Waals surface area contributed by atoms with Crippen LogP contribution in [0.1, 0.15) is 12.0 Å². The molecule has 2 aromatic rings. The van der Waals surface area contributed by atoms with Gasteiger partial charge in [0.05, 0.1) is 5.69 Å². The van der Waals surface area contributed by atoms with Crippen molar-refractivity contribution in [2.24, 2.45) is 0 Å². The van der Waals surface area contributed by atoms with Crippen molar-refractivity contribution in [2.45, 2.75) is 13.3 Å². The van der Waals surface area contributed by atoms with Gasteiger partial charge in [-0.2, -0.15) is 0 Å². The summed E-state index contributed by atoms with van der Waals surface area (Å²) in [5.74, 6) is 0.0161. The average Bonchev–Trinajstić information content (AvgIpc) is 2.48. The summed E-state index contributed by atoms with van der Waals surface area (Å²) in [5, 5.41) is 2.93. The van der Waals surface area contributed by atoms with E-state index in [0.29, 0.717) is 13.0 Å². The first-order chi connectivity index (χ1) is 10.1. The monoisotopic (exact) mass is 346 g/mol. The second kappa shape index (κ2) is 7.27. The Morgan fingerprint density at radius 2 is 1.90 bits per heavy atom. The van der Waals surface area contributed by atoms with Gasteiger partial charge < -0.3 is 10.2 Å². The van der Waals surface area contributed by atoms with Crippen molar-refractivity contribution in [1.29, 1.82) is 0 Å². The molecule has 21 heavy (non-hydrogen) atoms. The summed E-state index contributed by atoms with van der Waals surface area (Å²) in [6.07, 6.45) is 0.450. The van der Waals surface area contributed by atoms with Gasteiger partial charge in [0, 0.05) is 30.2 Å². The van der Waals surface area contributed by atoms with E-state index in [1.807, 2.05) is 62.5 Å². The molecule has 1 N–H and O–H groups in total. The molecule has 0 unspecified atom stereocenters. The maximum atomic E-state index is 12.0. The molecule has 4 heteroatoms. The number of para-hydroxylation sites is 1. The van der Waals surface area contributed by atoms with E-state index in [2.05, 4.69) is 26.1 Å². The number of amides is 1. The van der Waals surface area contributed by atoms with E-state index in [4.69, 9.17) is 0 Å². The summed E-state index contributed by atoms with van der Waals surface area (Å²) >= 11 is 3.47. The van der Waals surface area contributed by atoms with Crippen LogP contribution >= 0.6 is 15.9 Å². The van der Waals surface area contributed by atoms with E-state index >= 15 is 0 Å². The molecule has 0 spiro atoms. The summed E-state index contributed by atoms with van der Waals surface area (Å²) < 4.78 is 0.910. The molecule has 2 aromatic carbocycles. The highest BCUT2D eigenvalue weighted by Crippen LogP contribution is 2.23. The Morgan fingerprint density at radius 1 is 1.19 bits per heavy atom. The number of carbonyl (C=O) groups is 1. The third kappa shape index (κ3) is 4.60. The van der Waals surface area contributed by atoms with Crippen LogP contribution in [0, 0.1) is 6.92 Å². The van der Waals surface area contributed by atoms with Gasteiger partial charge in [-0.15, -0.1) is 0 Å². The molecule has 0 radical (unpaired) electrons. The summed E-state index contributed by atoms with van der Waals surface area (Å²) in [4.78, 5) is 14.1. The summed E-state index contributed by atoms with van der Waals surface area (Å²) in [7, 11) is 1.99. The average molecular weight is 347 g/mol. The predicted octanol–water partition coefficient (Wildman–Crippen LogP) is 4.22. The van der Waals surface area contributed by atoms with E-state index in [1.54, 1.807) is 0 Å². The van der Waals surface area contributed by atoms with Crippen molar-refractivity contribution in [3.63, 3.8) is 0 Å². The number of rotatable bonds is 5. The zero-order valence-electron chi connectivity index (χ0n) is 12.3. The van der Waals surface area contributed by atoms with Gasteiger partial charge in [-0.05, 0) is 52.7 Å². The molecule has 0 aliphatic carbocycles. The topological polar surface area (TPSA) is 32.3 Å². The van der Waals surface area contributed by atoms with E-state index < -0.39 is 0 Å². The van der Waals surface area contributed by atoms with Crippen LogP contribution < -0.4 is 10.2 Å². The number of hydrogen-bond donors (Lipinski definition) is 1. The minimum Gasteiger partial charge on any atom is -0.374 e. The quantitative estimate of drug-likeness (QED) is 0.878. The number of aryl methyl sites for hydroxylation is 1. The highest BCUT2D eigenvalue weighted by molar-refractivity contribution is 9.10. The molecule has 0 saturated carbocycles. The van der Waals surface area contributed by atoms with Gasteiger partial charge in [0.25, 0.3) is 0 Å². The number of benzene rings is 2. The lowest BCUT2D eigenvalue weighted by atomic mass is 10.2. The van der Waals surface area contributed by atoms with E-state index in [-0.39, 0.29) is 5.91 Å². The normalized spacial score (nSPS) is 10.2. The first kappa shape index (κ1) is 15.6. The number of carbonyl (C=O) groups excluding carboxylic acids is 1. The van der Waals surface area contributed by atoms with Gasteiger partial charge in [-0.3, -0.25) is 4.79 Å². The second-order valence-electron chi connectivity index (χ2n) is 5.04. The van der Waals surface area contributed by atoms with E-state index in [1.165, 1.54) is 0 Å². The van der Waals surface area contributed by atoms with Crippen LogP contribution in [0.15, 0.2) is 53.0 Å². The molecule has 0 aromatic heterocycles. The maximum Gasteiger partial charge on any atom is 0.226 e. The third-order valence-electron chi connectivity index (χ3n) is 3.27. The smallest absolute Gasteiger partial charge is 0.226 e. The van der Waals surface area contributed by atoms with Crippen LogP contribution in [0.2, 0.25) is 0 Å². The van der Waals surface area contributed by atoms with Crippen molar-refractivity contribution >= 4 is 33.2 Å². The molecule has 110 valence electrons. The number of nitrogens with one attached hydrogen (secondary N) is 1. The summed E-state index contributed by atoms with van der Waals surface area (Å²) in [5.41, 5.74) is 3.08. The fourth-order valence-corrected chi connectivity index (χ4v) is 2.61. The Hall–Kier alpha value is -1.81. The Balaban J connectivity index is 1.87. The Labute approximate surface area is 134 Å². The molecule has 0 aliphatic heterocycles. The van der Waals surface area contributed by atoms with Crippen LogP contribution in [0.4, 0.5) is 11.4 Å². The lowest BCUT2D eigenvalue weighted by molar-refractivity contribution is -0.116. The SMILES string of the molecule is Cc1ccc(NC(=O)CCN(C)c2ccccc2)c(Br)c1. The molecule has 0 bridgehead atoms. The minimum atomic E-state index is 0.0161. The standard InChI is InChI=1S/C17H19BrN2O/c1-13-8-9-16(15(18)12-13)19-17(21)10-11-20(2)14-6-4-3-5-7-14/h3-9,12H,10-11H2,1-2H3,(H,19,21). The van der Waals surface area contributed by atoms with Crippen molar-refractivity contribution < 1.29 is 4.79 Å². The fraction of sp³-hybridized carbons (Fsp3) is 0.235. The van der Waals surface area contributed by atoms with E-state index in [9.17, 15) is 4.79 Å². The molecule has 2 rings (SSSR count). The molecule has 0 saturated heterocycles. The molecule has 0 fully saturated rings. The zero-order valence-corrected chi connectivity index (χ0v) is 13.9. The van der Waals surface area contributed by atoms with Crippen molar-refractivity contribution in [3.05, 3.63) is 58.6 Å². The summed E-state index contributed by atoms with van der Waals surface area (Å²) in [6, 6.07) is 15.9. The minimum absolute atomic E-state index is 0.0161. The Bertz CT molecular complexity index is 613. The van der Waals surface area contributed by atoms with Crippen LogP contribution in [-0.4, -0.2) is 19.5 Å². The first-order valence-corrected chi connectivity index (χ1v) is 7.68. The predicted molar refractivity (Wildman–Crippen MR) is 91.8 cm³/mol. The van der Waals surface area contributed by atoms with Crippen molar-refractivity contribution in [2.75, 3.05) is 23.8 Å². The van der Waals surface area contributed by atoms with Crippen molar-refractivity contribution in [1.82, 2.24) is 0 Å². The van der Waals surface area contributed by atoms with Gasteiger partial charge in [-0.1, -0.05) is 24.3 Å². The number of nitrogens with zero attached hydrogens (tertiary/aromatic N) is 1. The number of halogens is 1. The van der Waals surface area contributed by atoms with Gasteiger partial charge >= 0.3 is 0 Å². The highest BCUT2D eigenvalue weighted by atomic mass is 79.9. The number of hydrogen-bond acceptors (Lipinski definition) is 2. The Kier molecular flexibility index (Phi) is 5.39. The van der Waals surface area contributed by atoms with E-state index in [0.717, 1.165) is 21.4 Å². The Morgan fingerprint density at radius 3 is 2.57 bits per heavy atom. The highest BCUT2D eigenvalue weighted by Gasteiger charge is 2.07. The lowest BCUT2D eigenvalue weighted by Crippen LogP contribution is -2.23. The molecule has 0 heterocycles. The largest absolute Gasteiger partial charge is 0.374 e. The fourth-order valence-electron chi connectivity index (χ4n) is 2.02. The molecular weight excluding hydrogens is 328 g/mol. The zero-order chi connectivity index (χ0) is 15.2. The molecule has 3 nitrogen and oxygen atoms in total. The first-order valence-electron chi connectivity index (χ1n) is 6.88. The molecule has 0 atom stereocenters. The van der Waals surface area contributed by atoms with Gasteiger partial charge in [0.2, 0.25) is 5.91 Å². The van der Waals surface area contributed by atoms with Crippen LogP contribution in [0.3, 0.4) is 0 Å². The number of anilines is 2. The molecule has 1 amide bonds. The molecule has 0 aliphatic rings. The molecular formula is C17H19BrN2O. The third-order valence-corrected chi connectivity index (χ3v) is 3.93. The van der Waals surface area contributed by atoms with Crippen LogP contribution in [-0.2, 0) is 4.79 Å². The second-order valence-corrected chi connectivity index (χ2v) is 5.89. The van der Waals surface area contributed by atoms with Crippen LogP contribution in [0.5, 0.6) is 0 Å².